The lowest BCUT2D eigenvalue weighted by Crippen LogP contribution is -2.16. The van der Waals surface area contributed by atoms with Crippen molar-refractivity contribution < 1.29 is 13.2 Å². The molecule has 0 aliphatic carbocycles. The zero-order valence-electron chi connectivity index (χ0n) is 14.3. The molecule has 5 nitrogen and oxygen atoms in total. The largest absolute Gasteiger partial charge is 0.313 e. The molecule has 0 saturated heterocycles. The number of benzene rings is 2. The molecule has 7 heteroatoms. The van der Waals surface area contributed by atoms with Crippen LogP contribution in [-0.2, 0) is 27.6 Å². The smallest absolute Gasteiger partial charge is 0.252 e. The summed E-state index contributed by atoms with van der Waals surface area (Å²) in [6, 6.07) is 14.2. The van der Waals surface area contributed by atoms with Crippen molar-refractivity contribution in [1.29, 1.82) is 0 Å². The van der Waals surface area contributed by atoms with Gasteiger partial charge in [0.2, 0.25) is 0 Å². The van der Waals surface area contributed by atoms with Gasteiger partial charge >= 0.3 is 0 Å². The van der Waals surface area contributed by atoms with E-state index in [1.54, 1.807) is 18.2 Å². The molecular formula is C19H18N2O3S2. The summed E-state index contributed by atoms with van der Waals surface area (Å²) in [6.45, 7) is 4.34. The van der Waals surface area contributed by atoms with E-state index in [0.717, 1.165) is 22.0 Å². The van der Waals surface area contributed by atoms with Gasteiger partial charge in [-0.05, 0) is 29.8 Å². The Morgan fingerprint density at radius 2 is 1.88 bits per heavy atom. The number of nitrogens with zero attached hydrogens (tertiary/aromatic N) is 2. The number of hydrogen-bond donors (Lipinski definition) is 0. The third-order valence-electron chi connectivity index (χ3n) is 3.83. The molecule has 0 bridgehead atoms. The second-order valence-electron chi connectivity index (χ2n) is 5.85. The molecule has 134 valence electrons. The van der Waals surface area contributed by atoms with Crippen molar-refractivity contribution in [2.45, 2.75) is 17.9 Å². The van der Waals surface area contributed by atoms with Gasteiger partial charge in [-0.2, -0.15) is 4.99 Å². The highest BCUT2D eigenvalue weighted by atomic mass is 32.2. The molecule has 0 N–H and O–H groups in total. The first-order valence-electron chi connectivity index (χ1n) is 7.94. The van der Waals surface area contributed by atoms with E-state index in [0.29, 0.717) is 11.3 Å². The van der Waals surface area contributed by atoms with Crippen LogP contribution in [0.2, 0.25) is 0 Å². The SMILES string of the molecule is C=CCn1c(=NC(=O)Cc2ccc(S(C)(=O)=O)cc2)sc2ccccc21. The minimum atomic E-state index is -3.24. The van der Waals surface area contributed by atoms with E-state index in [1.807, 2.05) is 28.8 Å². The molecule has 0 spiro atoms. The molecule has 0 unspecified atom stereocenters. The van der Waals surface area contributed by atoms with Crippen molar-refractivity contribution in [2.75, 3.05) is 6.26 Å². The lowest BCUT2D eigenvalue weighted by molar-refractivity contribution is -0.117. The molecule has 1 aromatic heterocycles. The lowest BCUT2D eigenvalue weighted by atomic mass is 10.1. The molecule has 0 atom stereocenters. The van der Waals surface area contributed by atoms with Gasteiger partial charge in [-0.25, -0.2) is 8.42 Å². The summed E-state index contributed by atoms with van der Waals surface area (Å²) in [5.74, 6) is -0.276. The highest BCUT2D eigenvalue weighted by Crippen LogP contribution is 2.17. The van der Waals surface area contributed by atoms with Crippen molar-refractivity contribution in [2.24, 2.45) is 4.99 Å². The molecule has 0 radical (unpaired) electrons. The van der Waals surface area contributed by atoms with Crippen LogP contribution < -0.4 is 4.80 Å². The molecule has 3 rings (SSSR count). The number of sulfone groups is 1. The van der Waals surface area contributed by atoms with Crippen LogP contribution in [0.25, 0.3) is 10.2 Å². The van der Waals surface area contributed by atoms with Gasteiger partial charge in [-0.3, -0.25) is 4.79 Å². The lowest BCUT2D eigenvalue weighted by Gasteiger charge is -2.02. The number of rotatable bonds is 5. The number of aromatic nitrogens is 1. The number of fused-ring (bicyclic) bond motifs is 1. The van der Waals surface area contributed by atoms with E-state index in [9.17, 15) is 13.2 Å². The van der Waals surface area contributed by atoms with Crippen LogP contribution in [0.1, 0.15) is 5.56 Å². The summed E-state index contributed by atoms with van der Waals surface area (Å²) in [5.41, 5.74) is 1.74. The van der Waals surface area contributed by atoms with Crippen molar-refractivity contribution in [3.05, 3.63) is 71.6 Å². The Morgan fingerprint density at radius 3 is 2.54 bits per heavy atom. The maximum absolute atomic E-state index is 12.4. The van der Waals surface area contributed by atoms with Crippen LogP contribution in [-0.4, -0.2) is 25.1 Å². The molecule has 0 saturated carbocycles. The molecule has 0 fully saturated rings. The number of allylic oxidation sites excluding steroid dienone is 1. The molecule has 0 aliphatic heterocycles. The van der Waals surface area contributed by atoms with Crippen LogP contribution in [0.5, 0.6) is 0 Å². The predicted octanol–water partition coefficient (Wildman–Crippen LogP) is 2.96. The zero-order valence-corrected chi connectivity index (χ0v) is 15.9. The number of carbonyl (C=O) groups excluding carboxylic acids is 1. The summed E-state index contributed by atoms with van der Waals surface area (Å²) in [6.07, 6.45) is 3.04. The number of carbonyl (C=O) groups is 1. The average molecular weight is 386 g/mol. The Bertz CT molecular complexity index is 1140. The summed E-state index contributed by atoms with van der Waals surface area (Å²) in [4.78, 5) is 17.5. The van der Waals surface area contributed by atoms with Gasteiger partial charge in [0.05, 0.1) is 21.5 Å². The second-order valence-corrected chi connectivity index (χ2v) is 8.87. The minimum absolute atomic E-state index is 0.117. The van der Waals surface area contributed by atoms with Crippen molar-refractivity contribution in [1.82, 2.24) is 4.57 Å². The maximum Gasteiger partial charge on any atom is 0.252 e. The minimum Gasteiger partial charge on any atom is -0.313 e. The van der Waals surface area contributed by atoms with Crippen LogP contribution in [0, 0.1) is 0 Å². The first-order valence-corrected chi connectivity index (χ1v) is 10.6. The zero-order chi connectivity index (χ0) is 18.7. The summed E-state index contributed by atoms with van der Waals surface area (Å²) < 4.78 is 26.0. The Kier molecular flexibility index (Phi) is 5.20. The molecule has 26 heavy (non-hydrogen) atoms. The van der Waals surface area contributed by atoms with E-state index < -0.39 is 9.84 Å². The Hall–Kier alpha value is -2.51. The van der Waals surface area contributed by atoms with E-state index in [4.69, 9.17) is 0 Å². The monoisotopic (exact) mass is 386 g/mol. The molecular weight excluding hydrogens is 368 g/mol. The van der Waals surface area contributed by atoms with Crippen molar-refractivity contribution in [3.8, 4) is 0 Å². The Labute approximate surface area is 155 Å². The van der Waals surface area contributed by atoms with E-state index in [-0.39, 0.29) is 17.2 Å². The molecule has 1 amide bonds. The van der Waals surface area contributed by atoms with E-state index >= 15 is 0 Å². The van der Waals surface area contributed by atoms with Gasteiger partial charge in [0.15, 0.2) is 14.6 Å². The first kappa shape index (κ1) is 18.3. The average Bonchev–Trinajstić information content (AvgIpc) is 2.92. The topological polar surface area (TPSA) is 68.5 Å². The fourth-order valence-corrected chi connectivity index (χ4v) is 4.27. The van der Waals surface area contributed by atoms with E-state index in [2.05, 4.69) is 11.6 Å². The predicted molar refractivity (Wildman–Crippen MR) is 104 cm³/mol. The number of hydrogen-bond acceptors (Lipinski definition) is 4. The first-order chi connectivity index (χ1) is 12.4. The van der Waals surface area contributed by atoms with Gasteiger partial charge in [0.25, 0.3) is 5.91 Å². The highest BCUT2D eigenvalue weighted by molar-refractivity contribution is 7.90. The van der Waals surface area contributed by atoms with Gasteiger partial charge in [-0.15, -0.1) is 6.58 Å². The molecule has 3 aromatic rings. The molecule has 1 heterocycles. The van der Waals surface area contributed by atoms with E-state index in [1.165, 1.54) is 23.5 Å². The highest BCUT2D eigenvalue weighted by Gasteiger charge is 2.09. The maximum atomic E-state index is 12.4. The van der Waals surface area contributed by atoms with Crippen molar-refractivity contribution >= 4 is 37.3 Å². The third-order valence-corrected chi connectivity index (χ3v) is 6.01. The summed E-state index contributed by atoms with van der Waals surface area (Å²) in [5, 5.41) is 0. The van der Waals surface area contributed by atoms with Gasteiger partial charge < -0.3 is 4.57 Å². The third kappa shape index (κ3) is 4.00. The number of amides is 1. The summed E-state index contributed by atoms with van der Waals surface area (Å²) >= 11 is 1.46. The fourth-order valence-electron chi connectivity index (χ4n) is 2.59. The van der Waals surface area contributed by atoms with Crippen LogP contribution >= 0.6 is 11.3 Å². The fraction of sp³-hybridized carbons (Fsp3) is 0.158. The van der Waals surface area contributed by atoms with Crippen LogP contribution in [0.15, 0.2) is 71.1 Å². The Balaban J connectivity index is 1.90. The second kappa shape index (κ2) is 7.39. The number of thiazole rings is 1. The van der Waals surface area contributed by atoms with Gasteiger partial charge in [0.1, 0.15) is 0 Å². The Morgan fingerprint density at radius 1 is 1.19 bits per heavy atom. The quantitative estimate of drug-likeness (QED) is 0.633. The normalized spacial score (nSPS) is 12.4. The van der Waals surface area contributed by atoms with Crippen LogP contribution in [0.3, 0.4) is 0 Å². The van der Waals surface area contributed by atoms with Gasteiger partial charge in [-0.1, -0.05) is 41.7 Å². The van der Waals surface area contributed by atoms with Gasteiger partial charge in [0, 0.05) is 12.8 Å². The molecule has 2 aromatic carbocycles. The standard InChI is InChI=1S/C19H18N2O3S2/c1-3-12-21-16-6-4-5-7-17(16)25-19(21)20-18(22)13-14-8-10-15(11-9-14)26(2,23)24/h3-11H,1,12-13H2,2H3. The molecule has 0 aliphatic rings. The van der Waals surface area contributed by atoms with Crippen LogP contribution in [0.4, 0.5) is 0 Å². The number of para-hydroxylation sites is 1. The summed E-state index contributed by atoms with van der Waals surface area (Å²) in [7, 11) is -3.24. The van der Waals surface area contributed by atoms with Crippen molar-refractivity contribution in [3.63, 3.8) is 0 Å².